The molecule has 1 atom stereocenters. The molecule has 9 heteroatoms. The van der Waals surface area contributed by atoms with Gasteiger partial charge in [0.1, 0.15) is 5.82 Å². The first kappa shape index (κ1) is 19.0. The van der Waals surface area contributed by atoms with E-state index in [9.17, 15) is 19.2 Å². The summed E-state index contributed by atoms with van der Waals surface area (Å²) >= 11 is 0. The highest BCUT2D eigenvalue weighted by molar-refractivity contribution is 6.04. The Balaban J connectivity index is 1.49. The maximum absolute atomic E-state index is 12.9. The maximum atomic E-state index is 12.9. The van der Waals surface area contributed by atoms with Crippen LogP contribution in [0.5, 0.6) is 0 Å². The van der Waals surface area contributed by atoms with Crippen molar-refractivity contribution in [3.8, 4) is 0 Å². The second-order valence-electron chi connectivity index (χ2n) is 7.42. The molecule has 2 aliphatic heterocycles. The Hall–Kier alpha value is -3.36. The highest BCUT2D eigenvalue weighted by Crippen LogP contribution is 2.31. The number of para-hydroxylation sites is 1. The number of amides is 2. The summed E-state index contributed by atoms with van der Waals surface area (Å²) in [5.74, 6) is -1.28. The number of hydrogen-bond donors (Lipinski definition) is 1. The Labute approximate surface area is 167 Å². The summed E-state index contributed by atoms with van der Waals surface area (Å²) in [6, 6.07) is 10.0. The average Bonchev–Trinajstić information content (AvgIpc) is 3.07. The molecule has 1 N–H and O–H groups in total. The van der Waals surface area contributed by atoms with Gasteiger partial charge in [0.25, 0.3) is 5.56 Å². The van der Waals surface area contributed by atoms with Gasteiger partial charge in [-0.1, -0.05) is 18.2 Å². The van der Waals surface area contributed by atoms with Crippen LogP contribution in [0.1, 0.15) is 17.9 Å². The molecule has 1 saturated heterocycles. The third-order valence-electron chi connectivity index (χ3n) is 5.74. The van der Waals surface area contributed by atoms with Crippen molar-refractivity contribution in [2.75, 3.05) is 36.4 Å². The van der Waals surface area contributed by atoms with E-state index < -0.39 is 23.1 Å². The maximum Gasteiger partial charge on any atom is 0.332 e. The van der Waals surface area contributed by atoms with Crippen molar-refractivity contribution in [3.63, 3.8) is 0 Å². The summed E-state index contributed by atoms with van der Waals surface area (Å²) < 4.78 is 2.20. The predicted octanol–water partition coefficient (Wildman–Crippen LogP) is -0.141. The number of carbonyl (C=O) groups is 2. The summed E-state index contributed by atoms with van der Waals surface area (Å²) in [5.41, 5.74) is 0.259. The molecule has 2 aromatic rings. The summed E-state index contributed by atoms with van der Waals surface area (Å²) in [4.78, 5) is 53.9. The fourth-order valence-corrected chi connectivity index (χ4v) is 4.02. The summed E-state index contributed by atoms with van der Waals surface area (Å²) in [5, 5.41) is 2.59. The number of nitrogens with one attached hydrogen (secondary N) is 1. The molecular weight excluding hydrogens is 374 g/mol. The van der Waals surface area contributed by atoms with Gasteiger partial charge in [0.15, 0.2) is 0 Å². The third kappa shape index (κ3) is 3.22. The van der Waals surface area contributed by atoms with Gasteiger partial charge >= 0.3 is 5.69 Å². The molecule has 4 rings (SSSR count). The normalized spacial score (nSPS) is 18.6. The van der Waals surface area contributed by atoms with Crippen molar-refractivity contribution in [2.45, 2.75) is 12.3 Å². The second kappa shape index (κ2) is 7.23. The van der Waals surface area contributed by atoms with Crippen molar-refractivity contribution in [3.05, 3.63) is 56.7 Å². The number of hydrogen-bond acceptors (Lipinski definition) is 5. The number of carbonyl (C=O) groups excluding carboxylic acids is 2. The summed E-state index contributed by atoms with van der Waals surface area (Å²) in [6.07, 6.45) is -0.0857. The minimum atomic E-state index is -0.879. The molecular formula is C20H23N5O4. The zero-order valence-electron chi connectivity index (χ0n) is 16.4. The van der Waals surface area contributed by atoms with Crippen LogP contribution in [0, 0.1) is 0 Å². The molecule has 0 aliphatic carbocycles. The van der Waals surface area contributed by atoms with E-state index in [-0.39, 0.29) is 23.7 Å². The van der Waals surface area contributed by atoms with Gasteiger partial charge in [-0.2, -0.15) is 0 Å². The number of anilines is 2. The fourth-order valence-electron chi connectivity index (χ4n) is 4.02. The Morgan fingerprint density at radius 1 is 1.00 bits per heavy atom. The van der Waals surface area contributed by atoms with Crippen molar-refractivity contribution in [1.82, 2.24) is 14.0 Å². The van der Waals surface area contributed by atoms with Gasteiger partial charge in [-0.25, -0.2) is 4.79 Å². The molecule has 0 radical (unpaired) electrons. The van der Waals surface area contributed by atoms with Gasteiger partial charge < -0.3 is 15.1 Å². The molecule has 9 nitrogen and oxygen atoms in total. The van der Waals surface area contributed by atoms with Crippen LogP contribution in [-0.4, -0.2) is 52.0 Å². The van der Waals surface area contributed by atoms with Crippen LogP contribution >= 0.6 is 0 Å². The van der Waals surface area contributed by atoms with E-state index >= 15 is 0 Å². The van der Waals surface area contributed by atoms with Gasteiger partial charge in [0.2, 0.25) is 11.8 Å². The number of fused-ring (bicyclic) bond motifs is 1. The van der Waals surface area contributed by atoms with Crippen molar-refractivity contribution in [1.29, 1.82) is 0 Å². The number of benzene rings is 1. The van der Waals surface area contributed by atoms with Crippen LogP contribution in [0.2, 0.25) is 0 Å². The zero-order valence-corrected chi connectivity index (χ0v) is 16.4. The highest BCUT2D eigenvalue weighted by Gasteiger charge is 2.38. The number of nitrogens with zero attached hydrogens (tertiary/aromatic N) is 4. The average molecular weight is 397 g/mol. The van der Waals surface area contributed by atoms with Crippen LogP contribution < -0.4 is 21.5 Å². The van der Waals surface area contributed by atoms with Crippen LogP contribution in [-0.2, 0) is 23.7 Å². The SMILES string of the molecule is Cn1c2c(c(=O)n(C)c1=O)C(CC(=O)N1CCN(c3ccccc3)CC1)C(=O)N2. The highest BCUT2D eigenvalue weighted by atomic mass is 16.2. The molecule has 1 unspecified atom stereocenters. The largest absolute Gasteiger partial charge is 0.368 e. The number of rotatable bonds is 3. The van der Waals surface area contributed by atoms with Crippen LogP contribution in [0.15, 0.2) is 39.9 Å². The summed E-state index contributed by atoms with van der Waals surface area (Å²) in [6.45, 7) is 2.53. The molecule has 0 saturated carbocycles. The lowest BCUT2D eigenvalue weighted by Crippen LogP contribution is -2.49. The van der Waals surface area contributed by atoms with E-state index in [1.165, 1.54) is 18.7 Å². The van der Waals surface area contributed by atoms with E-state index in [0.717, 1.165) is 10.3 Å². The number of piperazine rings is 1. The van der Waals surface area contributed by atoms with E-state index in [4.69, 9.17) is 0 Å². The van der Waals surface area contributed by atoms with E-state index in [0.29, 0.717) is 26.2 Å². The van der Waals surface area contributed by atoms with Crippen LogP contribution in [0.3, 0.4) is 0 Å². The molecule has 1 aromatic carbocycles. The monoisotopic (exact) mass is 397 g/mol. The summed E-state index contributed by atoms with van der Waals surface area (Å²) in [7, 11) is 2.86. The topological polar surface area (TPSA) is 96.7 Å². The first-order chi connectivity index (χ1) is 13.9. The van der Waals surface area contributed by atoms with E-state index in [1.807, 2.05) is 30.3 Å². The lowest BCUT2D eigenvalue weighted by atomic mass is 9.98. The van der Waals surface area contributed by atoms with Gasteiger partial charge in [0.05, 0.1) is 11.5 Å². The first-order valence-electron chi connectivity index (χ1n) is 9.57. The third-order valence-corrected chi connectivity index (χ3v) is 5.74. The van der Waals surface area contributed by atoms with Crippen molar-refractivity contribution < 1.29 is 9.59 Å². The molecule has 2 amide bonds. The Morgan fingerprint density at radius 2 is 1.66 bits per heavy atom. The van der Waals surface area contributed by atoms with Gasteiger partial charge in [-0.15, -0.1) is 0 Å². The minimum Gasteiger partial charge on any atom is -0.368 e. The second-order valence-corrected chi connectivity index (χ2v) is 7.42. The van der Waals surface area contributed by atoms with Gasteiger partial charge in [0, 0.05) is 52.4 Å². The van der Waals surface area contributed by atoms with Crippen molar-refractivity contribution >= 4 is 23.3 Å². The number of aromatic nitrogens is 2. The molecule has 2 aliphatic rings. The minimum absolute atomic E-state index is 0.0857. The lowest BCUT2D eigenvalue weighted by molar-refractivity contribution is -0.133. The Kier molecular flexibility index (Phi) is 4.73. The molecule has 152 valence electrons. The van der Waals surface area contributed by atoms with Crippen LogP contribution in [0.25, 0.3) is 0 Å². The molecule has 0 spiro atoms. The van der Waals surface area contributed by atoms with Crippen LogP contribution in [0.4, 0.5) is 11.5 Å². The van der Waals surface area contributed by atoms with Gasteiger partial charge in [-0.05, 0) is 12.1 Å². The Morgan fingerprint density at radius 3 is 2.31 bits per heavy atom. The standard InChI is InChI=1S/C20H23N5O4/c1-22-17-16(19(28)23(2)20(22)29)14(18(27)21-17)12-15(26)25-10-8-24(9-11-25)13-6-4-3-5-7-13/h3-7,14H,8-12H2,1-2H3,(H,21,27). The smallest absolute Gasteiger partial charge is 0.332 e. The Bertz CT molecular complexity index is 1080. The molecule has 3 heterocycles. The van der Waals surface area contributed by atoms with E-state index in [1.54, 1.807) is 4.90 Å². The van der Waals surface area contributed by atoms with E-state index in [2.05, 4.69) is 10.2 Å². The lowest BCUT2D eigenvalue weighted by Gasteiger charge is -2.36. The van der Waals surface area contributed by atoms with Crippen molar-refractivity contribution in [2.24, 2.45) is 14.1 Å². The van der Waals surface area contributed by atoms with Gasteiger partial charge in [-0.3, -0.25) is 23.5 Å². The first-order valence-corrected chi connectivity index (χ1v) is 9.57. The quantitative estimate of drug-likeness (QED) is 0.778. The molecule has 1 aromatic heterocycles. The molecule has 1 fully saturated rings. The fraction of sp³-hybridized carbons (Fsp3) is 0.400. The molecule has 29 heavy (non-hydrogen) atoms. The zero-order chi connectivity index (χ0) is 20.7. The predicted molar refractivity (Wildman–Crippen MR) is 108 cm³/mol. The molecule has 0 bridgehead atoms.